The maximum absolute atomic E-state index is 11.8. The van der Waals surface area contributed by atoms with Crippen LogP contribution >= 0.6 is 0 Å². The first-order valence-electron chi connectivity index (χ1n) is 8.79. The van der Waals surface area contributed by atoms with Crippen LogP contribution in [0.4, 0.5) is 17.3 Å². The van der Waals surface area contributed by atoms with E-state index < -0.39 is 0 Å². The molecule has 0 radical (unpaired) electrons. The van der Waals surface area contributed by atoms with Crippen LogP contribution in [-0.2, 0) is 0 Å². The Morgan fingerprint density at radius 2 is 2.15 bits per heavy atom. The van der Waals surface area contributed by atoms with E-state index in [1.807, 2.05) is 6.07 Å². The third-order valence-electron chi connectivity index (χ3n) is 4.49. The Balaban J connectivity index is 1.72. The molecule has 1 amide bonds. The van der Waals surface area contributed by atoms with E-state index in [4.69, 9.17) is 5.73 Å². The summed E-state index contributed by atoms with van der Waals surface area (Å²) in [5, 5.41) is 6.06. The van der Waals surface area contributed by atoms with Gasteiger partial charge in [-0.05, 0) is 19.0 Å². The molecule has 0 aliphatic carbocycles. The molecule has 0 saturated carbocycles. The van der Waals surface area contributed by atoms with E-state index in [-0.39, 0.29) is 5.91 Å². The van der Waals surface area contributed by atoms with Crippen LogP contribution in [0.1, 0.15) is 16.8 Å². The second kappa shape index (κ2) is 8.01. The number of pyridine rings is 1. The van der Waals surface area contributed by atoms with E-state index in [0.717, 1.165) is 49.9 Å². The molecular formula is C18H25N7O. The van der Waals surface area contributed by atoms with Gasteiger partial charge in [-0.15, -0.1) is 0 Å². The molecule has 0 unspecified atom stereocenters. The Bertz CT molecular complexity index is 735. The van der Waals surface area contributed by atoms with Crippen molar-refractivity contribution in [3.8, 4) is 0 Å². The standard InChI is InChI=1S/C18H25N7O/c1-3-14(20-4-2)24-8-10-25(11-9-24)15-12-13-16(18(26)22-13)17(23-15)21-7-5-6-19/h3-4,12H,1-2,5-11,19H2,(H,21,23)(H,22,26). The average Bonchev–Trinajstić information content (AvgIpc) is 2.65. The Kier molecular flexibility index (Phi) is 5.52. The zero-order valence-electron chi connectivity index (χ0n) is 14.9. The number of hydrogen-bond acceptors (Lipinski definition) is 6. The van der Waals surface area contributed by atoms with Crippen molar-refractivity contribution in [2.24, 2.45) is 10.7 Å². The molecule has 4 N–H and O–H groups in total. The summed E-state index contributed by atoms with van der Waals surface area (Å²) in [4.78, 5) is 25.1. The van der Waals surface area contributed by atoms with E-state index in [1.54, 1.807) is 6.08 Å². The minimum absolute atomic E-state index is 0.0876. The van der Waals surface area contributed by atoms with Crippen LogP contribution in [0, 0.1) is 0 Å². The average molecular weight is 355 g/mol. The number of amidine groups is 1. The van der Waals surface area contributed by atoms with Crippen molar-refractivity contribution >= 4 is 29.1 Å². The summed E-state index contributed by atoms with van der Waals surface area (Å²) in [6, 6.07) is 1.94. The van der Waals surface area contributed by atoms with Gasteiger partial charge in [0.2, 0.25) is 0 Å². The lowest BCUT2D eigenvalue weighted by Gasteiger charge is -2.37. The van der Waals surface area contributed by atoms with Crippen molar-refractivity contribution < 1.29 is 4.79 Å². The van der Waals surface area contributed by atoms with Gasteiger partial charge in [0.15, 0.2) is 0 Å². The summed E-state index contributed by atoms with van der Waals surface area (Å²) in [6.45, 7) is 12.0. The third kappa shape index (κ3) is 3.55. The van der Waals surface area contributed by atoms with Crippen molar-refractivity contribution in [2.75, 3.05) is 54.8 Å². The molecule has 1 fully saturated rings. The summed E-state index contributed by atoms with van der Waals surface area (Å²) in [5.41, 5.74) is 7.01. The maximum Gasteiger partial charge on any atom is 0.261 e. The molecule has 1 aromatic rings. The number of fused-ring (bicyclic) bond motifs is 1. The van der Waals surface area contributed by atoms with Crippen LogP contribution in [0.2, 0.25) is 0 Å². The van der Waals surface area contributed by atoms with Crippen molar-refractivity contribution in [1.82, 2.24) is 9.88 Å². The van der Waals surface area contributed by atoms with E-state index in [0.29, 0.717) is 24.5 Å². The van der Waals surface area contributed by atoms with Gasteiger partial charge in [-0.1, -0.05) is 13.2 Å². The highest BCUT2D eigenvalue weighted by Crippen LogP contribution is 2.35. The third-order valence-corrected chi connectivity index (χ3v) is 4.49. The first-order chi connectivity index (χ1) is 12.7. The van der Waals surface area contributed by atoms with Gasteiger partial charge in [-0.25, -0.2) is 9.98 Å². The minimum atomic E-state index is -0.0876. The highest BCUT2D eigenvalue weighted by molar-refractivity contribution is 6.21. The molecule has 8 heteroatoms. The highest BCUT2D eigenvalue weighted by Gasteiger charge is 2.30. The summed E-state index contributed by atoms with van der Waals surface area (Å²) in [6.07, 6.45) is 4.10. The van der Waals surface area contributed by atoms with Gasteiger partial charge in [0.25, 0.3) is 5.91 Å². The lowest BCUT2D eigenvalue weighted by molar-refractivity contribution is 0.101. The van der Waals surface area contributed by atoms with Gasteiger partial charge in [0, 0.05) is 45.0 Å². The number of aliphatic imine (C=N–C) groups is 1. The number of hydrogen-bond donors (Lipinski definition) is 3. The van der Waals surface area contributed by atoms with Crippen LogP contribution in [0.15, 0.2) is 36.5 Å². The molecule has 1 saturated heterocycles. The van der Waals surface area contributed by atoms with E-state index in [2.05, 4.69) is 43.6 Å². The lowest BCUT2D eigenvalue weighted by Crippen LogP contribution is -2.48. The molecule has 8 nitrogen and oxygen atoms in total. The molecule has 0 bridgehead atoms. The fraction of sp³-hybridized carbons (Fsp3) is 0.389. The van der Waals surface area contributed by atoms with E-state index in [9.17, 15) is 4.79 Å². The van der Waals surface area contributed by atoms with Crippen molar-refractivity contribution in [2.45, 2.75) is 6.42 Å². The Morgan fingerprint density at radius 1 is 1.38 bits per heavy atom. The topological polar surface area (TPSA) is 98.9 Å². The maximum atomic E-state index is 11.8. The number of nitrogens with zero attached hydrogens (tertiary/aromatic N) is 4. The summed E-state index contributed by atoms with van der Waals surface area (Å²) >= 11 is 0. The number of nitrogens with two attached hydrogens (primary N) is 1. The number of aromatic nitrogens is 1. The largest absolute Gasteiger partial charge is 0.369 e. The molecule has 26 heavy (non-hydrogen) atoms. The molecule has 2 aliphatic rings. The van der Waals surface area contributed by atoms with Crippen LogP contribution in [-0.4, -0.2) is 60.9 Å². The zero-order valence-corrected chi connectivity index (χ0v) is 14.9. The van der Waals surface area contributed by atoms with Crippen molar-refractivity contribution in [1.29, 1.82) is 0 Å². The molecule has 138 valence electrons. The fourth-order valence-corrected chi connectivity index (χ4v) is 3.10. The number of carbonyl (C=O) groups is 1. The van der Waals surface area contributed by atoms with Gasteiger partial charge in [0.05, 0.1) is 5.69 Å². The van der Waals surface area contributed by atoms with E-state index >= 15 is 0 Å². The number of carbonyl (C=O) groups excluding carboxylic acids is 1. The van der Waals surface area contributed by atoms with Gasteiger partial charge < -0.3 is 26.2 Å². The second-order valence-corrected chi connectivity index (χ2v) is 6.12. The monoisotopic (exact) mass is 355 g/mol. The summed E-state index contributed by atoms with van der Waals surface area (Å²) < 4.78 is 0. The molecule has 0 aromatic carbocycles. The number of rotatable bonds is 7. The van der Waals surface area contributed by atoms with Gasteiger partial charge in [-0.3, -0.25) is 4.79 Å². The minimum Gasteiger partial charge on any atom is -0.369 e. The number of anilines is 3. The molecule has 2 aliphatic heterocycles. The predicted molar refractivity (Wildman–Crippen MR) is 106 cm³/mol. The SMILES string of the molecule is C=CN=C(C=C)N1CCN(c2cc3c(c(NCCCN)n2)C(=O)N3)CC1. The lowest BCUT2D eigenvalue weighted by atomic mass is 10.1. The van der Waals surface area contributed by atoms with Crippen LogP contribution in [0.25, 0.3) is 0 Å². The Labute approximate surface area is 153 Å². The predicted octanol–water partition coefficient (Wildman–Crippen LogP) is 1.26. The Morgan fingerprint density at radius 3 is 2.77 bits per heavy atom. The molecule has 3 rings (SSSR count). The zero-order chi connectivity index (χ0) is 18.5. The van der Waals surface area contributed by atoms with Crippen molar-refractivity contribution in [3.63, 3.8) is 0 Å². The molecular weight excluding hydrogens is 330 g/mol. The summed E-state index contributed by atoms with van der Waals surface area (Å²) in [7, 11) is 0. The van der Waals surface area contributed by atoms with Crippen LogP contribution < -0.4 is 21.3 Å². The molecule has 0 spiro atoms. The van der Waals surface area contributed by atoms with Gasteiger partial charge in [-0.2, -0.15) is 0 Å². The first-order valence-corrected chi connectivity index (χ1v) is 8.79. The van der Waals surface area contributed by atoms with Gasteiger partial charge in [0.1, 0.15) is 23.0 Å². The number of nitrogens with one attached hydrogen (secondary N) is 2. The van der Waals surface area contributed by atoms with Gasteiger partial charge >= 0.3 is 0 Å². The van der Waals surface area contributed by atoms with Crippen LogP contribution in [0.3, 0.4) is 0 Å². The Hall–Kier alpha value is -2.87. The number of piperazine rings is 1. The second-order valence-electron chi connectivity index (χ2n) is 6.12. The molecule has 1 aromatic heterocycles. The quantitative estimate of drug-likeness (QED) is 0.387. The number of amides is 1. The summed E-state index contributed by atoms with van der Waals surface area (Å²) in [5.74, 6) is 2.24. The van der Waals surface area contributed by atoms with E-state index in [1.165, 1.54) is 6.20 Å². The smallest absolute Gasteiger partial charge is 0.261 e. The van der Waals surface area contributed by atoms with Crippen molar-refractivity contribution in [3.05, 3.63) is 37.1 Å². The molecule has 0 atom stereocenters. The van der Waals surface area contributed by atoms with Crippen LogP contribution in [0.5, 0.6) is 0 Å². The first kappa shape index (κ1) is 17.9. The fourth-order valence-electron chi connectivity index (χ4n) is 3.10. The molecule has 3 heterocycles. The highest BCUT2D eigenvalue weighted by atomic mass is 16.2. The normalized spacial score (nSPS) is 16.5.